The van der Waals surface area contributed by atoms with Gasteiger partial charge in [0.1, 0.15) is 5.75 Å². The molecule has 0 N–H and O–H groups in total. The molecular formula is C20H21N3O4. The van der Waals surface area contributed by atoms with Crippen LogP contribution in [0.1, 0.15) is 5.56 Å². The van der Waals surface area contributed by atoms with Gasteiger partial charge in [-0.1, -0.05) is 30.3 Å². The summed E-state index contributed by atoms with van der Waals surface area (Å²) in [5, 5.41) is 7.50. The van der Waals surface area contributed by atoms with Gasteiger partial charge in [-0.2, -0.15) is 0 Å². The fourth-order valence-corrected chi connectivity index (χ4v) is 2.53. The van der Waals surface area contributed by atoms with Crippen molar-refractivity contribution in [3.8, 4) is 17.2 Å². The highest BCUT2D eigenvalue weighted by atomic mass is 16.5. The highest BCUT2D eigenvalue weighted by Crippen LogP contribution is 2.20. The minimum absolute atomic E-state index is 0.0452. The second kappa shape index (κ2) is 9.49. The molecule has 7 nitrogen and oxygen atoms in total. The van der Waals surface area contributed by atoms with Gasteiger partial charge in [0.05, 0.1) is 6.61 Å². The van der Waals surface area contributed by atoms with E-state index >= 15 is 0 Å². The van der Waals surface area contributed by atoms with Gasteiger partial charge in [0.15, 0.2) is 6.61 Å². The summed E-state index contributed by atoms with van der Waals surface area (Å²) >= 11 is 0. The summed E-state index contributed by atoms with van der Waals surface area (Å²) in [7, 11) is 1.62. The van der Waals surface area contributed by atoms with Crippen LogP contribution in [-0.2, 0) is 16.1 Å². The number of rotatable bonds is 9. The predicted octanol–water partition coefficient (Wildman–Crippen LogP) is 2.79. The lowest BCUT2D eigenvalue weighted by molar-refractivity contribution is -0.134. The minimum Gasteiger partial charge on any atom is -0.484 e. The minimum atomic E-state index is -0.100. The molecule has 1 heterocycles. The molecule has 0 fully saturated rings. The number of hydrogen-bond donors (Lipinski definition) is 0. The average Bonchev–Trinajstić information content (AvgIpc) is 3.25. The van der Waals surface area contributed by atoms with E-state index in [9.17, 15) is 4.79 Å². The van der Waals surface area contributed by atoms with Crippen LogP contribution in [0.3, 0.4) is 0 Å². The molecule has 0 aliphatic carbocycles. The van der Waals surface area contributed by atoms with Crippen LogP contribution in [0.4, 0.5) is 0 Å². The van der Waals surface area contributed by atoms with Gasteiger partial charge in [-0.15, -0.1) is 10.2 Å². The summed E-state index contributed by atoms with van der Waals surface area (Å²) in [5.41, 5.74) is 1.85. The third-order valence-electron chi connectivity index (χ3n) is 3.96. The molecule has 0 radical (unpaired) electrons. The highest BCUT2D eigenvalue weighted by Gasteiger charge is 2.15. The molecular weight excluding hydrogens is 346 g/mol. The molecule has 0 saturated carbocycles. The first kappa shape index (κ1) is 18.6. The Kier molecular flexibility index (Phi) is 6.54. The van der Waals surface area contributed by atoms with Crippen molar-refractivity contribution in [3.05, 3.63) is 66.6 Å². The lowest BCUT2D eigenvalue weighted by atomic mass is 10.2. The Balaban J connectivity index is 1.58. The molecule has 140 valence electrons. The number of aromatic nitrogens is 2. The first-order valence-corrected chi connectivity index (χ1v) is 8.56. The van der Waals surface area contributed by atoms with Crippen LogP contribution in [0.5, 0.6) is 5.75 Å². The summed E-state index contributed by atoms with van der Waals surface area (Å²) in [6.07, 6.45) is 1.28. The summed E-state index contributed by atoms with van der Waals surface area (Å²) in [4.78, 5) is 14.3. The summed E-state index contributed by atoms with van der Waals surface area (Å²) in [6, 6.07) is 17.0. The number of hydrogen-bond acceptors (Lipinski definition) is 6. The zero-order valence-electron chi connectivity index (χ0n) is 15.1. The summed E-state index contributed by atoms with van der Waals surface area (Å²) in [6.45, 7) is 1.44. The quantitative estimate of drug-likeness (QED) is 0.579. The number of ether oxygens (including phenoxy) is 2. The molecule has 0 aliphatic heterocycles. The maximum absolute atomic E-state index is 12.6. The van der Waals surface area contributed by atoms with E-state index in [2.05, 4.69) is 10.2 Å². The molecule has 0 saturated heterocycles. The lowest BCUT2D eigenvalue weighted by Gasteiger charge is -2.22. The zero-order chi connectivity index (χ0) is 18.9. The molecule has 0 atom stereocenters. The van der Waals surface area contributed by atoms with Gasteiger partial charge in [0.25, 0.3) is 5.91 Å². The van der Waals surface area contributed by atoms with E-state index in [0.29, 0.717) is 31.3 Å². The van der Waals surface area contributed by atoms with E-state index in [1.165, 1.54) is 6.39 Å². The molecule has 1 amide bonds. The van der Waals surface area contributed by atoms with E-state index in [1.807, 2.05) is 30.3 Å². The summed E-state index contributed by atoms with van der Waals surface area (Å²) < 4.78 is 15.9. The van der Waals surface area contributed by atoms with Crippen molar-refractivity contribution < 1.29 is 18.7 Å². The normalized spacial score (nSPS) is 10.6. The van der Waals surface area contributed by atoms with E-state index in [-0.39, 0.29) is 12.5 Å². The number of nitrogens with zero attached hydrogens (tertiary/aromatic N) is 3. The SMILES string of the molecule is COCCN(Cc1ccccc1)C(=O)COc1ccc(-c2nnco2)cc1. The smallest absolute Gasteiger partial charge is 0.260 e. The van der Waals surface area contributed by atoms with Crippen molar-refractivity contribution >= 4 is 5.91 Å². The molecule has 7 heteroatoms. The van der Waals surface area contributed by atoms with E-state index in [1.54, 1.807) is 36.3 Å². The van der Waals surface area contributed by atoms with Gasteiger partial charge in [0.2, 0.25) is 12.3 Å². The van der Waals surface area contributed by atoms with Gasteiger partial charge in [-0.25, -0.2) is 0 Å². The van der Waals surface area contributed by atoms with Crippen molar-refractivity contribution in [2.45, 2.75) is 6.54 Å². The largest absolute Gasteiger partial charge is 0.484 e. The summed E-state index contributed by atoms with van der Waals surface area (Å²) in [5.74, 6) is 0.932. The Bertz CT molecular complexity index is 820. The molecule has 27 heavy (non-hydrogen) atoms. The van der Waals surface area contributed by atoms with Gasteiger partial charge in [-0.05, 0) is 29.8 Å². The number of benzene rings is 2. The topological polar surface area (TPSA) is 77.7 Å². The molecule has 3 aromatic rings. The number of carbonyl (C=O) groups is 1. The van der Waals surface area contributed by atoms with Gasteiger partial charge in [-0.3, -0.25) is 4.79 Å². The van der Waals surface area contributed by atoms with Crippen LogP contribution in [0.2, 0.25) is 0 Å². The van der Waals surface area contributed by atoms with Crippen molar-refractivity contribution in [1.82, 2.24) is 15.1 Å². The Morgan fingerprint density at radius 1 is 1.11 bits per heavy atom. The highest BCUT2D eigenvalue weighted by molar-refractivity contribution is 5.77. The molecule has 1 aromatic heterocycles. The Morgan fingerprint density at radius 2 is 1.89 bits per heavy atom. The Labute approximate surface area is 157 Å². The first-order valence-electron chi connectivity index (χ1n) is 8.56. The van der Waals surface area contributed by atoms with Crippen LogP contribution < -0.4 is 4.74 Å². The molecule has 0 bridgehead atoms. The van der Waals surface area contributed by atoms with Crippen molar-refractivity contribution in [3.63, 3.8) is 0 Å². The first-order chi connectivity index (χ1) is 13.3. The third-order valence-corrected chi connectivity index (χ3v) is 3.96. The average molecular weight is 367 g/mol. The lowest BCUT2D eigenvalue weighted by Crippen LogP contribution is -2.36. The Hall–Kier alpha value is -3.19. The van der Waals surface area contributed by atoms with E-state index < -0.39 is 0 Å². The van der Waals surface area contributed by atoms with Crippen LogP contribution in [-0.4, -0.2) is 47.9 Å². The van der Waals surface area contributed by atoms with Crippen LogP contribution >= 0.6 is 0 Å². The maximum atomic E-state index is 12.6. The second-order valence-corrected chi connectivity index (χ2v) is 5.85. The third kappa shape index (κ3) is 5.39. The van der Waals surface area contributed by atoms with E-state index in [4.69, 9.17) is 13.9 Å². The van der Waals surface area contributed by atoms with Gasteiger partial charge in [0, 0.05) is 25.8 Å². The van der Waals surface area contributed by atoms with Gasteiger partial charge < -0.3 is 18.8 Å². The maximum Gasteiger partial charge on any atom is 0.260 e. The fourth-order valence-electron chi connectivity index (χ4n) is 2.53. The molecule has 0 unspecified atom stereocenters. The fraction of sp³-hybridized carbons (Fsp3) is 0.250. The molecule has 0 aliphatic rings. The van der Waals surface area contributed by atoms with Crippen molar-refractivity contribution in [2.75, 3.05) is 26.9 Å². The molecule has 3 rings (SSSR count). The van der Waals surface area contributed by atoms with Crippen LogP contribution in [0.25, 0.3) is 11.5 Å². The Morgan fingerprint density at radius 3 is 2.56 bits per heavy atom. The monoisotopic (exact) mass is 367 g/mol. The molecule has 0 spiro atoms. The van der Waals surface area contributed by atoms with Crippen molar-refractivity contribution in [2.24, 2.45) is 0 Å². The van der Waals surface area contributed by atoms with Crippen LogP contribution in [0.15, 0.2) is 65.4 Å². The number of carbonyl (C=O) groups excluding carboxylic acids is 1. The molecule has 2 aromatic carbocycles. The number of amides is 1. The predicted molar refractivity (Wildman–Crippen MR) is 99.0 cm³/mol. The van der Waals surface area contributed by atoms with E-state index in [0.717, 1.165) is 11.1 Å². The van der Waals surface area contributed by atoms with Gasteiger partial charge >= 0.3 is 0 Å². The second-order valence-electron chi connectivity index (χ2n) is 5.85. The zero-order valence-corrected chi connectivity index (χ0v) is 15.1. The standard InChI is InChI=1S/C20H21N3O4/c1-25-12-11-23(13-16-5-3-2-4-6-16)19(24)14-26-18-9-7-17(8-10-18)20-22-21-15-27-20/h2-10,15H,11-14H2,1H3. The van der Waals surface area contributed by atoms with Crippen LogP contribution in [0, 0.1) is 0 Å². The van der Waals surface area contributed by atoms with Crippen molar-refractivity contribution in [1.29, 1.82) is 0 Å². The number of methoxy groups -OCH3 is 1.